The molecule has 1 saturated carbocycles. The van der Waals surface area contributed by atoms with Crippen molar-refractivity contribution in [3.8, 4) is 11.5 Å². The van der Waals surface area contributed by atoms with Gasteiger partial charge in [-0.3, -0.25) is 13.9 Å². The highest BCUT2D eigenvalue weighted by Gasteiger charge is 2.34. The van der Waals surface area contributed by atoms with Crippen molar-refractivity contribution in [1.82, 2.24) is 10.2 Å². The van der Waals surface area contributed by atoms with Gasteiger partial charge >= 0.3 is 0 Å². The second-order valence-corrected chi connectivity index (χ2v) is 13.0. The number of rotatable bonds is 12. The fourth-order valence-corrected chi connectivity index (χ4v) is 6.92. The lowest BCUT2D eigenvalue weighted by Gasteiger charge is -2.33. The number of anilines is 1. The molecule has 3 aromatic carbocycles. The van der Waals surface area contributed by atoms with E-state index in [9.17, 15) is 18.0 Å². The Bertz CT molecular complexity index is 1500. The molecular weight excluding hydrogens is 622 g/mol. The third-order valence-corrected chi connectivity index (χ3v) is 9.64. The average molecular weight is 659 g/mol. The minimum Gasteiger partial charge on any atom is -0.497 e. The van der Waals surface area contributed by atoms with Crippen LogP contribution in [0.4, 0.5) is 5.69 Å². The minimum absolute atomic E-state index is 0.00763. The molecule has 0 bridgehead atoms. The first kappa shape index (κ1) is 31.4. The SMILES string of the molecule is COc1ccc(OC)c(N(CC(=O)N(Cc2cccc(Br)c2)[C@H](C)C(=O)NC2CCCC2)S(=O)(=O)c2ccccc2)c1. The Morgan fingerprint density at radius 3 is 2.33 bits per heavy atom. The quantitative estimate of drug-likeness (QED) is 0.289. The zero-order valence-electron chi connectivity index (χ0n) is 24.0. The number of nitrogens with one attached hydrogen (secondary N) is 1. The summed E-state index contributed by atoms with van der Waals surface area (Å²) in [5.74, 6) is -0.189. The van der Waals surface area contributed by atoms with E-state index >= 15 is 0 Å². The minimum atomic E-state index is -4.24. The van der Waals surface area contributed by atoms with Gasteiger partial charge in [-0.2, -0.15) is 0 Å². The summed E-state index contributed by atoms with van der Waals surface area (Å²) in [5.41, 5.74) is 0.925. The molecule has 0 aromatic heterocycles. The number of hydrogen-bond acceptors (Lipinski definition) is 6. The summed E-state index contributed by atoms with van der Waals surface area (Å²) >= 11 is 3.47. The van der Waals surface area contributed by atoms with Crippen LogP contribution in [0.2, 0.25) is 0 Å². The van der Waals surface area contributed by atoms with Gasteiger partial charge in [-0.1, -0.05) is 59.1 Å². The van der Waals surface area contributed by atoms with Crippen LogP contribution >= 0.6 is 15.9 Å². The third-order valence-electron chi connectivity index (χ3n) is 7.38. The van der Waals surface area contributed by atoms with Gasteiger partial charge in [0.2, 0.25) is 11.8 Å². The molecule has 9 nitrogen and oxygen atoms in total. The molecule has 3 aromatic rings. The highest BCUT2D eigenvalue weighted by molar-refractivity contribution is 9.10. The molecule has 42 heavy (non-hydrogen) atoms. The molecule has 0 spiro atoms. The maximum atomic E-state index is 14.2. The number of sulfonamides is 1. The van der Waals surface area contributed by atoms with Gasteiger partial charge in [-0.05, 0) is 61.7 Å². The van der Waals surface area contributed by atoms with Crippen LogP contribution in [0.1, 0.15) is 38.2 Å². The third kappa shape index (κ3) is 7.43. The molecule has 1 aliphatic rings. The van der Waals surface area contributed by atoms with Crippen molar-refractivity contribution in [3.63, 3.8) is 0 Å². The van der Waals surface area contributed by atoms with Crippen molar-refractivity contribution in [2.45, 2.75) is 56.1 Å². The van der Waals surface area contributed by atoms with Crippen LogP contribution in [0.25, 0.3) is 0 Å². The molecule has 1 fully saturated rings. The van der Waals surface area contributed by atoms with Gasteiger partial charge in [0.15, 0.2) is 0 Å². The van der Waals surface area contributed by atoms with Crippen LogP contribution in [0, 0.1) is 0 Å². The standard InChI is InChI=1S/C31H36BrN3O6S/c1-22(31(37)33-25-12-7-8-13-25)34(20-23-10-9-11-24(32)18-23)30(36)21-35(42(38,39)27-14-5-4-6-15-27)28-19-26(40-2)16-17-29(28)41-3/h4-6,9-11,14-19,22,25H,7-8,12-13,20-21H2,1-3H3,(H,33,37)/t22-/m1/s1. The molecular formula is C31H36BrN3O6S. The first-order chi connectivity index (χ1) is 20.1. The molecule has 4 rings (SSSR count). The molecule has 224 valence electrons. The summed E-state index contributed by atoms with van der Waals surface area (Å²) in [5, 5.41) is 3.08. The fraction of sp³-hybridized carbons (Fsp3) is 0.355. The van der Waals surface area contributed by atoms with Crippen LogP contribution < -0.4 is 19.1 Å². The van der Waals surface area contributed by atoms with Crippen molar-refractivity contribution < 1.29 is 27.5 Å². The van der Waals surface area contributed by atoms with Crippen LogP contribution in [-0.4, -0.2) is 58.0 Å². The second-order valence-electron chi connectivity index (χ2n) is 10.2. The van der Waals surface area contributed by atoms with Gasteiger partial charge in [-0.15, -0.1) is 0 Å². The number of methoxy groups -OCH3 is 2. The Morgan fingerprint density at radius 1 is 0.976 bits per heavy atom. The molecule has 1 N–H and O–H groups in total. The molecule has 0 radical (unpaired) electrons. The Morgan fingerprint density at radius 2 is 1.69 bits per heavy atom. The number of benzene rings is 3. The van der Waals surface area contributed by atoms with Crippen molar-refractivity contribution in [2.75, 3.05) is 25.1 Å². The van der Waals surface area contributed by atoms with E-state index in [4.69, 9.17) is 9.47 Å². The predicted octanol–water partition coefficient (Wildman–Crippen LogP) is 5.14. The van der Waals surface area contributed by atoms with E-state index in [0.29, 0.717) is 5.75 Å². The Balaban J connectivity index is 1.75. The number of hydrogen-bond donors (Lipinski definition) is 1. The summed E-state index contributed by atoms with van der Waals surface area (Å²) in [6, 6.07) is 19.3. The van der Waals surface area contributed by atoms with Crippen LogP contribution in [0.3, 0.4) is 0 Å². The summed E-state index contributed by atoms with van der Waals surface area (Å²) < 4.78 is 40.9. The lowest BCUT2D eigenvalue weighted by Crippen LogP contribution is -2.52. The number of carbonyl (C=O) groups is 2. The zero-order valence-corrected chi connectivity index (χ0v) is 26.4. The van der Waals surface area contributed by atoms with Crippen molar-refractivity contribution in [1.29, 1.82) is 0 Å². The van der Waals surface area contributed by atoms with E-state index in [2.05, 4.69) is 21.2 Å². The molecule has 1 atom stereocenters. The van der Waals surface area contributed by atoms with Crippen molar-refractivity contribution in [3.05, 3.63) is 82.8 Å². The number of nitrogens with zero attached hydrogens (tertiary/aromatic N) is 2. The Kier molecular flexibility index (Phi) is 10.5. The molecule has 0 aliphatic heterocycles. The first-order valence-electron chi connectivity index (χ1n) is 13.8. The predicted molar refractivity (Wildman–Crippen MR) is 165 cm³/mol. The average Bonchev–Trinajstić information content (AvgIpc) is 3.51. The summed E-state index contributed by atoms with van der Waals surface area (Å²) in [6.07, 6.45) is 3.90. The van der Waals surface area contributed by atoms with E-state index < -0.39 is 28.5 Å². The smallest absolute Gasteiger partial charge is 0.264 e. The highest BCUT2D eigenvalue weighted by atomic mass is 79.9. The summed E-state index contributed by atoms with van der Waals surface area (Å²) in [4.78, 5) is 29.0. The molecule has 1 aliphatic carbocycles. The highest BCUT2D eigenvalue weighted by Crippen LogP contribution is 2.36. The number of halogens is 1. The van der Waals surface area contributed by atoms with E-state index in [1.807, 2.05) is 24.3 Å². The maximum absolute atomic E-state index is 14.2. The van der Waals surface area contributed by atoms with Crippen LogP contribution in [0.15, 0.2) is 82.2 Å². The van der Waals surface area contributed by atoms with Crippen molar-refractivity contribution >= 4 is 43.5 Å². The Hall–Kier alpha value is -3.57. The van der Waals surface area contributed by atoms with Gasteiger partial charge < -0.3 is 19.7 Å². The maximum Gasteiger partial charge on any atom is 0.264 e. The van der Waals surface area contributed by atoms with E-state index in [-0.39, 0.29) is 34.8 Å². The lowest BCUT2D eigenvalue weighted by atomic mass is 10.1. The largest absolute Gasteiger partial charge is 0.497 e. The van der Waals surface area contributed by atoms with Crippen LogP contribution in [0.5, 0.6) is 11.5 Å². The summed E-state index contributed by atoms with van der Waals surface area (Å²) in [6.45, 7) is 1.20. The van der Waals surface area contributed by atoms with Gasteiger partial charge in [0.1, 0.15) is 24.1 Å². The Labute approximate surface area is 256 Å². The van der Waals surface area contributed by atoms with E-state index in [1.165, 1.54) is 37.3 Å². The van der Waals surface area contributed by atoms with E-state index in [1.54, 1.807) is 37.3 Å². The number of ether oxygens (including phenoxy) is 2. The van der Waals surface area contributed by atoms with Gasteiger partial charge in [0, 0.05) is 23.1 Å². The fourth-order valence-electron chi connectivity index (χ4n) is 5.03. The second kappa shape index (κ2) is 14.1. The van der Waals surface area contributed by atoms with Crippen molar-refractivity contribution in [2.24, 2.45) is 0 Å². The van der Waals surface area contributed by atoms with E-state index in [0.717, 1.165) is 40.0 Å². The lowest BCUT2D eigenvalue weighted by molar-refractivity contribution is -0.139. The summed E-state index contributed by atoms with van der Waals surface area (Å²) in [7, 11) is -1.35. The van der Waals surface area contributed by atoms with Gasteiger partial charge in [-0.25, -0.2) is 8.42 Å². The normalized spacial score (nSPS) is 14.2. The molecule has 0 saturated heterocycles. The zero-order chi connectivity index (χ0) is 30.3. The topological polar surface area (TPSA) is 105 Å². The molecule has 2 amide bonds. The molecule has 0 unspecified atom stereocenters. The van der Waals surface area contributed by atoms with Crippen LogP contribution in [-0.2, 0) is 26.2 Å². The number of carbonyl (C=O) groups excluding carboxylic acids is 2. The first-order valence-corrected chi connectivity index (χ1v) is 16.0. The number of amides is 2. The molecule has 11 heteroatoms. The molecule has 0 heterocycles. The van der Waals surface area contributed by atoms with Gasteiger partial charge in [0.25, 0.3) is 10.0 Å². The van der Waals surface area contributed by atoms with Gasteiger partial charge in [0.05, 0.1) is 24.8 Å². The monoisotopic (exact) mass is 657 g/mol.